The number of hydrogen-bond acceptors (Lipinski definition) is 4. The fraction of sp³-hybridized carbons (Fsp3) is 0.435. The van der Waals surface area contributed by atoms with E-state index in [4.69, 9.17) is 4.74 Å². The molecule has 0 radical (unpaired) electrons. The summed E-state index contributed by atoms with van der Waals surface area (Å²) in [4.78, 5) is 6.58. The molecular weight excluding hydrogens is 398 g/mol. The van der Waals surface area contributed by atoms with Crippen molar-refractivity contribution in [2.75, 3.05) is 32.4 Å². The Kier molecular flexibility index (Phi) is 8.13. The molecule has 162 valence electrons. The number of ether oxygens (including phenoxy) is 1. The third-order valence-electron chi connectivity index (χ3n) is 5.14. The van der Waals surface area contributed by atoms with E-state index in [1.54, 1.807) is 7.05 Å². The molecule has 0 saturated carbocycles. The number of nitrogens with zero attached hydrogens (tertiary/aromatic N) is 2. The molecule has 3 rings (SSSR count). The van der Waals surface area contributed by atoms with Crippen LogP contribution in [0.2, 0.25) is 0 Å². The van der Waals surface area contributed by atoms with Crippen LogP contribution in [-0.2, 0) is 15.6 Å². The number of piperidine rings is 1. The second kappa shape index (κ2) is 11.0. The van der Waals surface area contributed by atoms with Crippen molar-refractivity contribution in [3.8, 4) is 5.75 Å². The third kappa shape index (κ3) is 7.06. The largest absolute Gasteiger partial charge is 0.490 e. The highest BCUT2D eigenvalue weighted by Gasteiger charge is 2.22. The molecule has 1 aliphatic heterocycles. The zero-order valence-corrected chi connectivity index (χ0v) is 18.4. The molecule has 0 bridgehead atoms. The zero-order chi connectivity index (χ0) is 21.2. The molecule has 7 heteroatoms. The maximum absolute atomic E-state index is 12.3. The fourth-order valence-electron chi connectivity index (χ4n) is 3.60. The van der Waals surface area contributed by atoms with Crippen LogP contribution in [0.3, 0.4) is 0 Å². The molecule has 6 nitrogen and oxygen atoms in total. The van der Waals surface area contributed by atoms with Gasteiger partial charge in [-0.2, -0.15) is 0 Å². The lowest BCUT2D eigenvalue weighted by Gasteiger charge is -2.34. The number of sulfone groups is 1. The van der Waals surface area contributed by atoms with Gasteiger partial charge in [0, 0.05) is 39.5 Å². The van der Waals surface area contributed by atoms with Gasteiger partial charge >= 0.3 is 0 Å². The molecule has 1 heterocycles. The van der Waals surface area contributed by atoms with Crippen molar-refractivity contribution in [1.82, 2.24) is 10.2 Å². The monoisotopic (exact) mass is 429 g/mol. The number of guanidine groups is 1. The van der Waals surface area contributed by atoms with Gasteiger partial charge in [0.2, 0.25) is 0 Å². The van der Waals surface area contributed by atoms with Crippen LogP contribution in [0.25, 0.3) is 0 Å². The number of likely N-dealkylation sites (tertiary alicyclic amines) is 1. The van der Waals surface area contributed by atoms with Gasteiger partial charge in [0.25, 0.3) is 0 Å². The summed E-state index contributed by atoms with van der Waals surface area (Å²) in [7, 11) is -1.35. The fourth-order valence-corrected chi connectivity index (χ4v) is 5.03. The lowest BCUT2D eigenvalue weighted by atomic mass is 10.1. The average molecular weight is 430 g/mol. The van der Waals surface area contributed by atoms with E-state index < -0.39 is 9.84 Å². The van der Waals surface area contributed by atoms with Crippen LogP contribution in [-0.4, -0.2) is 57.8 Å². The van der Waals surface area contributed by atoms with Crippen molar-refractivity contribution >= 4 is 15.8 Å². The van der Waals surface area contributed by atoms with Gasteiger partial charge in [-0.05, 0) is 24.1 Å². The van der Waals surface area contributed by atoms with Gasteiger partial charge in [-0.15, -0.1) is 0 Å². The first-order valence-corrected chi connectivity index (χ1v) is 12.3. The van der Waals surface area contributed by atoms with E-state index in [9.17, 15) is 8.42 Å². The predicted molar refractivity (Wildman–Crippen MR) is 122 cm³/mol. The first kappa shape index (κ1) is 22.2. The van der Waals surface area contributed by atoms with E-state index in [2.05, 4.69) is 15.2 Å². The summed E-state index contributed by atoms with van der Waals surface area (Å²) >= 11 is 0. The van der Waals surface area contributed by atoms with Gasteiger partial charge in [-0.1, -0.05) is 48.5 Å². The molecule has 0 unspecified atom stereocenters. The lowest BCUT2D eigenvalue weighted by molar-refractivity contribution is 0.129. The summed E-state index contributed by atoms with van der Waals surface area (Å²) in [6.07, 6.45) is 2.63. The van der Waals surface area contributed by atoms with E-state index in [0.29, 0.717) is 13.0 Å². The van der Waals surface area contributed by atoms with Crippen LogP contribution in [0, 0.1) is 0 Å². The summed E-state index contributed by atoms with van der Waals surface area (Å²) in [6.45, 7) is 2.31. The van der Waals surface area contributed by atoms with Gasteiger partial charge in [0.1, 0.15) is 11.9 Å². The van der Waals surface area contributed by atoms with Crippen LogP contribution in [0.15, 0.2) is 65.7 Å². The average Bonchev–Trinajstić information content (AvgIpc) is 2.76. The van der Waals surface area contributed by atoms with E-state index in [0.717, 1.165) is 43.2 Å². The highest BCUT2D eigenvalue weighted by atomic mass is 32.2. The van der Waals surface area contributed by atoms with Crippen LogP contribution in [0.4, 0.5) is 0 Å². The molecule has 0 aromatic heterocycles. The first-order chi connectivity index (χ1) is 14.6. The van der Waals surface area contributed by atoms with Crippen molar-refractivity contribution in [2.45, 2.75) is 31.1 Å². The van der Waals surface area contributed by atoms with Gasteiger partial charge in [-0.3, -0.25) is 4.99 Å². The van der Waals surface area contributed by atoms with E-state index in [-0.39, 0.29) is 17.6 Å². The SMILES string of the molecule is CN=C(NCCCS(=O)(=O)Cc1ccccc1)N1CCC(Oc2ccccc2)CC1. The number of benzene rings is 2. The molecule has 1 fully saturated rings. The first-order valence-electron chi connectivity index (χ1n) is 10.5. The van der Waals surface area contributed by atoms with E-state index >= 15 is 0 Å². The Hall–Kier alpha value is -2.54. The van der Waals surface area contributed by atoms with Crippen molar-refractivity contribution in [3.63, 3.8) is 0 Å². The topological polar surface area (TPSA) is 71.0 Å². The molecule has 30 heavy (non-hydrogen) atoms. The number of rotatable bonds is 8. The summed E-state index contributed by atoms with van der Waals surface area (Å²) < 4.78 is 30.7. The molecule has 2 aromatic carbocycles. The maximum Gasteiger partial charge on any atom is 0.193 e. The Morgan fingerprint density at radius 3 is 2.33 bits per heavy atom. The second-order valence-corrected chi connectivity index (χ2v) is 9.71. The number of para-hydroxylation sites is 1. The molecule has 2 aromatic rings. The zero-order valence-electron chi connectivity index (χ0n) is 17.5. The molecular formula is C23H31N3O3S. The van der Waals surface area contributed by atoms with Gasteiger partial charge < -0.3 is 15.0 Å². The molecule has 1 N–H and O–H groups in total. The highest BCUT2D eigenvalue weighted by molar-refractivity contribution is 7.90. The third-order valence-corrected chi connectivity index (χ3v) is 6.83. The Bertz CT molecular complexity index is 894. The summed E-state index contributed by atoms with van der Waals surface area (Å²) in [5, 5.41) is 3.31. The minimum Gasteiger partial charge on any atom is -0.490 e. The summed E-state index contributed by atoms with van der Waals surface area (Å²) in [6, 6.07) is 19.2. The number of hydrogen-bond donors (Lipinski definition) is 1. The Morgan fingerprint density at radius 1 is 1.07 bits per heavy atom. The second-order valence-electron chi connectivity index (χ2n) is 7.52. The highest BCUT2D eigenvalue weighted by Crippen LogP contribution is 2.18. The van der Waals surface area contributed by atoms with Crippen LogP contribution in [0.5, 0.6) is 5.75 Å². The minimum atomic E-state index is -3.11. The van der Waals surface area contributed by atoms with Crippen LogP contribution < -0.4 is 10.1 Å². The molecule has 1 saturated heterocycles. The van der Waals surface area contributed by atoms with Crippen molar-refractivity contribution in [1.29, 1.82) is 0 Å². The Morgan fingerprint density at radius 2 is 1.70 bits per heavy atom. The van der Waals surface area contributed by atoms with Crippen LogP contribution in [0.1, 0.15) is 24.8 Å². The van der Waals surface area contributed by atoms with E-state index in [1.165, 1.54) is 0 Å². The maximum atomic E-state index is 12.3. The lowest BCUT2D eigenvalue weighted by Crippen LogP contribution is -2.47. The number of nitrogens with one attached hydrogen (secondary N) is 1. The number of aliphatic imine (C=N–C) groups is 1. The molecule has 0 aliphatic carbocycles. The summed E-state index contributed by atoms with van der Waals surface area (Å²) in [5.41, 5.74) is 0.835. The quantitative estimate of drug-likeness (QED) is 0.397. The van der Waals surface area contributed by atoms with Gasteiger partial charge in [0.05, 0.1) is 11.5 Å². The molecule has 0 atom stereocenters. The molecule has 0 amide bonds. The smallest absolute Gasteiger partial charge is 0.193 e. The van der Waals surface area contributed by atoms with Crippen LogP contribution >= 0.6 is 0 Å². The van der Waals surface area contributed by atoms with Crippen molar-refractivity contribution in [3.05, 3.63) is 66.2 Å². The Balaban J connectivity index is 1.38. The predicted octanol–water partition coefficient (Wildman–Crippen LogP) is 3.11. The molecule has 0 spiro atoms. The molecule has 1 aliphatic rings. The van der Waals surface area contributed by atoms with Gasteiger partial charge in [0.15, 0.2) is 15.8 Å². The van der Waals surface area contributed by atoms with Crippen molar-refractivity contribution < 1.29 is 13.2 Å². The van der Waals surface area contributed by atoms with Crippen molar-refractivity contribution in [2.24, 2.45) is 4.99 Å². The summed E-state index contributed by atoms with van der Waals surface area (Å²) in [5.74, 6) is 2.00. The normalized spacial score (nSPS) is 15.8. The standard InChI is InChI=1S/C23H31N3O3S/c1-24-23(25-15-8-18-30(27,28)19-20-9-4-2-5-10-20)26-16-13-22(14-17-26)29-21-11-6-3-7-12-21/h2-7,9-12,22H,8,13-19H2,1H3,(H,24,25). The minimum absolute atomic E-state index is 0.0947. The van der Waals surface area contributed by atoms with E-state index in [1.807, 2.05) is 60.7 Å². The van der Waals surface area contributed by atoms with Gasteiger partial charge in [-0.25, -0.2) is 8.42 Å². The Labute approximate surface area is 179 Å².